The largest absolute Gasteiger partial charge is 0.410 e. The van der Waals surface area contributed by atoms with Crippen molar-refractivity contribution in [3.05, 3.63) is 36.4 Å². The van der Waals surface area contributed by atoms with Gasteiger partial charge in [0.05, 0.1) is 0 Å². The number of hydrogen-bond donors (Lipinski definition) is 2. The molecule has 0 radical (unpaired) electrons. The summed E-state index contributed by atoms with van der Waals surface area (Å²) in [6.07, 6.45) is 1.63. The lowest BCUT2D eigenvalue weighted by Crippen LogP contribution is -2.31. The lowest BCUT2D eigenvalue weighted by atomic mass is 10.2. The van der Waals surface area contributed by atoms with E-state index in [-0.39, 0.29) is 0 Å². The average Bonchev–Trinajstić information content (AvgIpc) is 2.04. The second-order valence-corrected chi connectivity index (χ2v) is 3.58. The minimum absolute atomic E-state index is 0.627. The summed E-state index contributed by atoms with van der Waals surface area (Å²) in [6, 6.07) is 7.16. The van der Waals surface area contributed by atoms with E-state index in [1.54, 1.807) is 18.2 Å². The normalized spacial score (nSPS) is 10.1. The Balaban J connectivity index is 3.12. The third kappa shape index (κ3) is 1.77. The minimum Gasteiger partial charge on any atom is -0.410 e. The lowest BCUT2D eigenvalue weighted by molar-refractivity contribution is 0.425. The molecular weight excluding hydrogens is 156 g/mol. The molecule has 1 rings (SSSR count). The highest BCUT2D eigenvalue weighted by Crippen LogP contribution is 1.97. The van der Waals surface area contributed by atoms with Crippen LogP contribution in [0, 0.1) is 0 Å². The van der Waals surface area contributed by atoms with Gasteiger partial charge in [-0.15, -0.1) is 0 Å². The molecule has 58 valence electrons. The first kappa shape index (κ1) is 8.20. The van der Waals surface area contributed by atoms with Crippen molar-refractivity contribution in [3.63, 3.8) is 0 Å². The molecule has 3 heteroatoms. The maximum absolute atomic E-state index is 8.98. The molecule has 0 unspecified atom stereocenters. The summed E-state index contributed by atoms with van der Waals surface area (Å²) in [6.45, 7) is 3.57. The van der Waals surface area contributed by atoms with E-state index in [1.165, 1.54) is 0 Å². The van der Waals surface area contributed by atoms with Crippen LogP contribution < -0.4 is 5.19 Å². The van der Waals surface area contributed by atoms with Crippen LogP contribution in [0.15, 0.2) is 30.8 Å². The van der Waals surface area contributed by atoms with Gasteiger partial charge in [0, 0.05) is 0 Å². The summed E-state index contributed by atoms with van der Waals surface area (Å²) < 4.78 is 0. The topological polar surface area (TPSA) is 40.5 Å². The van der Waals surface area contributed by atoms with Crippen molar-refractivity contribution in [2.45, 2.75) is 0 Å². The second kappa shape index (κ2) is 3.48. The smallest absolute Gasteiger partial charge is 0.351 e. The van der Waals surface area contributed by atoms with Crippen molar-refractivity contribution in [1.82, 2.24) is 0 Å². The highest BCUT2D eigenvalue weighted by molar-refractivity contribution is 6.59. The Morgan fingerprint density at radius 3 is 2.36 bits per heavy atom. The lowest BCUT2D eigenvalue weighted by Gasteiger charge is -2.04. The molecule has 0 amide bonds. The van der Waals surface area contributed by atoms with Gasteiger partial charge in [-0.25, -0.2) is 0 Å². The predicted molar refractivity (Wildman–Crippen MR) is 47.8 cm³/mol. The average molecular weight is 166 g/mol. The molecule has 0 saturated carbocycles. The molecule has 0 aliphatic carbocycles. The van der Waals surface area contributed by atoms with Gasteiger partial charge in [-0.2, -0.15) is 0 Å². The second-order valence-electron chi connectivity index (χ2n) is 2.21. The Morgan fingerprint density at radius 1 is 1.27 bits per heavy atom. The Bertz CT molecular complexity index is 258. The summed E-state index contributed by atoms with van der Waals surface area (Å²) in [4.78, 5) is 18.0. The first-order valence-corrected chi connectivity index (χ1v) is 4.94. The summed E-state index contributed by atoms with van der Waals surface area (Å²) in [5, 5.41) is 0.627. The highest BCUT2D eigenvalue weighted by atomic mass is 28.3. The zero-order valence-electron chi connectivity index (χ0n) is 6.07. The van der Waals surface area contributed by atoms with Crippen LogP contribution in [0.5, 0.6) is 0 Å². The van der Waals surface area contributed by atoms with Gasteiger partial charge < -0.3 is 9.59 Å². The molecule has 0 fully saturated rings. The number of rotatable bonds is 2. The molecule has 0 aromatic heterocycles. The van der Waals surface area contributed by atoms with Crippen LogP contribution in [0.2, 0.25) is 0 Å². The predicted octanol–water partition coefficient (Wildman–Crippen LogP) is -0.258. The van der Waals surface area contributed by atoms with Crippen molar-refractivity contribution >= 4 is 20.5 Å². The van der Waals surface area contributed by atoms with Crippen LogP contribution in [-0.4, -0.2) is 18.9 Å². The SMILES string of the molecule is C=Cc1ccccc1[SiH](O)O. The van der Waals surface area contributed by atoms with Crippen molar-refractivity contribution in [2.24, 2.45) is 0 Å². The van der Waals surface area contributed by atoms with Gasteiger partial charge in [-0.3, -0.25) is 0 Å². The first-order chi connectivity index (χ1) is 5.25. The minimum atomic E-state index is -2.66. The third-order valence-corrected chi connectivity index (χ3v) is 2.58. The molecule has 0 aliphatic rings. The van der Waals surface area contributed by atoms with Gasteiger partial charge in [-0.1, -0.05) is 36.9 Å². The molecule has 2 nitrogen and oxygen atoms in total. The maximum atomic E-state index is 8.98. The van der Waals surface area contributed by atoms with E-state index in [0.29, 0.717) is 5.19 Å². The van der Waals surface area contributed by atoms with E-state index in [4.69, 9.17) is 9.59 Å². The van der Waals surface area contributed by atoms with Crippen LogP contribution in [0.25, 0.3) is 6.08 Å². The molecule has 0 bridgehead atoms. The van der Waals surface area contributed by atoms with Crippen LogP contribution in [-0.2, 0) is 0 Å². The van der Waals surface area contributed by atoms with Gasteiger partial charge in [-0.05, 0) is 10.8 Å². The van der Waals surface area contributed by atoms with Gasteiger partial charge in [0.1, 0.15) is 0 Å². The van der Waals surface area contributed by atoms with Gasteiger partial charge >= 0.3 is 9.28 Å². The van der Waals surface area contributed by atoms with E-state index in [1.807, 2.05) is 12.1 Å². The molecule has 2 N–H and O–H groups in total. The van der Waals surface area contributed by atoms with Crippen LogP contribution in [0.1, 0.15) is 5.56 Å². The fourth-order valence-corrected chi connectivity index (χ4v) is 1.73. The van der Waals surface area contributed by atoms with Gasteiger partial charge in [0.2, 0.25) is 0 Å². The van der Waals surface area contributed by atoms with E-state index in [9.17, 15) is 0 Å². The fraction of sp³-hybridized carbons (Fsp3) is 0. The highest BCUT2D eigenvalue weighted by Gasteiger charge is 2.08. The first-order valence-electron chi connectivity index (χ1n) is 3.33. The monoisotopic (exact) mass is 166 g/mol. The molecule has 0 spiro atoms. The fourth-order valence-electron chi connectivity index (χ4n) is 0.932. The van der Waals surface area contributed by atoms with Crippen LogP contribution in [0.3, 0.4) is 0 Å². The molecular formula is C8H10O2Si. The molecule has 0 atom stereocenters. The third-order valence-electron chi connectivity index (χ3n) is 1.49. The zero-order valence-corrected chi connectivity index (χ0v) is 7.22. The van der Waals surface area contributed by atoms with E-state index in [0.717, 1.165) is 5.56 Å². The van der Waals surface area contributed by atoms with E-state index in [2.05, 4.69) is 6.58 Å². The van der Waals surface area contributed by atoms with Crippen LogP contribution >= 0.6 is 0 Å². The van der Waals surface area contributed by atoms with Crippen molar-refractivity contribution < 1.29 is 9.59 Å². The summed E-state index contributed by atoms with van der Waals surface area (Å²) in [7, 11) is -2.66. The molecule has 0 saturated heterocycles. The van der Waals surface area contributed by atoms with Crippen molar-refractivity contribution in [2.75, 3.05) is 0 Å². The summed E-state index contributed by atoms with van der Waals surface area (Å²) in [5.41, 5.74) is 0.814. The Morgan fingerprint density at radius 2 is 1.91 bits per heavy atom. The van der Waals surface area contributed by atoms with Gasteiger partial charge in [0.15, 0.2) is 0 Å². The number of hydrogen-bond acceptors (Lipinski definition) is 2. The standard InChI is InChI=1S/C8H10O2Si/c1-2-7-5-3-4-6-8(7)11(9)10/h2-6,9-11H,1H2. The quantitative estimate of drug-likeness (QED) is 0.594. The Hall–Kier alpha value is -0.903. The van der Waals surface area contributed by atoms with E-state index < -0.39 is 9.28 Å². The molecule has 11 heavy (non-hydrogen) atoms. The maximum Gasteiger partial charge on any atom is 0.351 e. The van der Waals surface area contributed by atoms with Crippen LogP contribution in [0.4, 0.5) is 0 Å². The van der Waals surface area contributed by atoms with E-state index >= 15 is 0 Å². The molecule has 1 aromatic carbocycles. The van der Waals surface area contributed by atoms with Gasteiger partial charge in [0.25, 0.3) is 0 Å². The van der Waals surface area contributed by atoms with Crippen molar-refractivity contribution in [3.8, 4) is 0 Å². The molecule has 0 heterocycles. The summed E-state index contributed by atoms with van der Waals surface area (Å²) in [5.74, 6) is 0. The molecule has 1 aromatic rings. The Kier molecular flexibility index (Phi) is 2.59. The molecule has 0 aliphatic heterocycles. The van der Waals surface area contributed by atoms with Crippen molar-refractivity contribution in [1.29, 1.82) is 0 Å². The Labute approximate surface area is 67.3 Å². The number of benzene rings is 1. The summed E-state index contributed by atoms with van der Waals surface area (Å²) >= 11 is 0. The zero-order chi connectivity index (χ0) is 8.27.